The highest BCUT2D eigenvalue weighted by molar-refractivity contribution is 7.98. The molecule has 0 bridgehead atoms. The van der Waals surface area contributed by atoms with Crippen molar-refractivity contribution < 1.29 is 4.52 Å². The van der Waals surface area contributed by atoms with E-state index in [9.17, 15) is 0 Å². The minimum atomic E-state index is 0.675. The maximum absolute atomic E-state index is 5.48. The smallest absolute Gasteiger partial charge is 0.191 e. The van der Waals surface area contributed by atoms with Crippen LogP contribution in [0.15, 0.2) is 70.6 Å². The zero-order valence-electron chi connectivity index (χ0n) is 14.9. The number of rotatable bonds is 7. The van der Waals surface area contributed by atoms with E-state index >= 15 is 0 Å². The Morgan fingerprint density at radius 2 is 1.81 bits per heavy atom. The second kappa shape index (κ2) is 8.18. The van der Waals surface area contributed by atoms with Crippen molar-refractivity contribution in [1.29, 1.82) is 0 Å². The van der Waals surface area contributed by atoms with Crippen LogP contribution in [0.3, 0.4) is 0 Å². The summed E-state index contributed by atoms with van der Waals surface area (Å²) in [5, 5.41) is 13.8. The predicted molar refractivity (Wildman–Crippen MR) is 105 cm³/mol. The summed E-state index contributed by atoms with van der Waals surface area (Å²) in [6, 6.07) is 15.9. The largest absolute Gasteiger partial charge is 0.356 e. The Hall–Kier alpha value is -2.93. The van der Waals surface area contributed by atoms with Crippen LogP contribution in [0.5, 0.6) is 0 Å². The summed E-state index contributed by atoms with van der Waals surface area (Å²) in [5.41, 5.74) is 2.93. The van der Waals surface area contributed by atoms with E-state index in [1.807, 2.05) is 48.5 Å². The predicted octanol–water partition coefficient (Wildman–Crippen LogP) is 4.70. The minimum Gasteiger partial charge on any atom is -0.356 e. The number of hydrogen-bond donors (Lipinski definition) is 0. The topological polar surface area (TPSA) is 69.6 Å². The summed E-state index contributed by atoms with van der Waals surface area (Å²) < 4.78 is 7.63. The van der Waals surface area contributed by atoms with Gasteiger partial charge >= 0.3 is 0 Å². The average Bonchev–Trinajstić information content (AvgIpc) is 3.35. The quantitative estimate of drug-likeness (QED) is 0.435. The fourth-order valence-electron chi connectivity index (χ4n) is 2.79. The number of thioether (sulfide) groups is 1. The first-order valence-electron chi connectivity index (χ1n) is 8.82. The number of pyridine rings is 1. The summed E-state index contributed by atoms with van der Waals surface area (Å²) in [7, 11) is 0. The van der Waals surface area contributed by atoms with Crippen molar-refractivity contribution in [3.05, 3.63) is 66.6 Å². The lowest BCUT2D eigenvalue weighted by molar-refractivity contribution is 0.426. The van der Waals surface area contributed by atoms with Crippen molar-refractivity contribution in [1.82, 2.24) is 24.9 Å². The van der Waals surface area contributed by atoms with Gasteiger partial charge in [0.1, 0.15) is 0 Å². The van der Waals surface area contributed by atoms with Crippen LogP contribution in [-0.4, -0.2) is 24.9 Å². The van der Waals surface area contributed by atoms with Gasteiger partial charge in [-0.05, 0) is 18.6 Å². The monoisotopic (exact) mass is 377 g/mol. The fourth-order valence-corrected chi connectivity index (χ4v) is 3.64. The van der Waals surface area contributed by atoms with E-state index in [0.717, 1.165) is 46.5 Å². The van der Waals surface area contributed by atoms with Gasteiger partial charge in [0.2, 0.25) is 0 Å². The summed E-state index contributed by atoms with van der Waals surface area (Å²) in [4.78, 5) is 4.08. The first-order valence-corrected chi connectivity index (χ1v) is 9.81. The molecule has 0 fully saturated rings. The van der Waals surface area contributed by atoms with Crippen LogP contribution in [0.1, 0.15) is 19.0 Å². The lowest BCUT2D eigenvalue weighted by Gasteiger charge is -2.08. The van der Waals surface area contributed by atoms with Crippen LogP contribution >= 0.6 is 11.8 Å². The zero-order valence-corrected chi connectivity index (χ0v) is 15.8. The van der Waals surface area contributed by atoms with Crippen LogP contribution in [0, 0.1) is 0 Å². The number of aromatic nitrogens is 5. The molecule has 3 heterocycles. The van der Waals surface area contributed by atoms with Gasteiger partial charge in [-0.3, -0.25) is 4.98 Å². The molecule has 6 nitrogen and oxygen atoms in total. The van der Waals surface area contributed by atoms with Gasteiger partial charge in [-0.25, -0.2) is 0 Å². The molecule has 136 valence electrons. The van der Waals surface area contributed by atoms with Gasteiger partial charge in [0.25, 0.3) is 0 Å². The molecule has 0 amide bonds. The third-order valence-corrected chi connectivity index (χ3v) is 5.07. The van der Waals surface area contributed by atoms with Crippen molar-refractivity contribution in [2.45, 2.75) is 30.8 Å². The molecule has 0 saturated carbocycles. The third-order valence-electron chi connectivity index (χ3n) is 4.07. The Labute approximate surface area is 161 Å². The zero-order chi connectivity index (χ0) is 18.5. The van der Waals surface area contributed by atoms with E-state index in [0.29, 0.717) is 5.75 Å². The molecule has 4 rings (SSSR count). The molecule has 0 atom stereocenters. The van der Waals surface area contributed by atoms with E-state index in [1.54, 1.807) is 24.2 Å². The van der Waals surface area contributed by atoms with E-state index in [4.69, 9.17) is 4.52 Å². The molecule has 1 aromatic carbocycles. The van der Waals surface area contributed by atoms with Gasteiger partial charge < -0.3 is 9.09 Å². The summed E-state index contributed by atoms with van der Waals surface area (Å²) >= 11 is 1.62. The molecule has 0 aliphatic heterocycles. The first-order chi connectivity index (χ1) is 13.3. The van der Waals surface area contributed by atoms with E-state index in [2.05, 4.69) is 31.8 Å². The van der Waals surface area contributed by atoms with Crippen molar-refractivity contribution in [2.24, 2.45) is 0 Å². The van der Waals surface area contributed by atoms with Gasteiger partial charge in [-0.1, -0.05) is 54.2 Å². The maximum Gasteiger partial charge on any atom is 0.191 e. The third kappa shape index (κ3) is 3.93. The van der Waals surface area contributed by atoms with Gasteiger partial charge in [0.15, 0.2) is 16.7 Å². The number of nitrogens with zero attached hydrogens (tertiary/aromatic N) is 5. The summed E-state index contributed by atoms with van der Waals surface area (Å²) in [6.45, 7) is 3.01. The average molecular weight is 377 g/mol. The van der Waals surface area contributed by atoms with Crippen molar-refractivity contribution in [3.63, 3.8) is 0 Å². The normalized spacial score (nSPS) is 11.0. The summed E-state index contributed by atoms with van der Waals surface area (Å²) in [5.74, 6) is 2.32. The van der Waals surface area contributed by atoms with Crippen LogP contribution in [-0.2, 0) is 12.3 Å². The maximum atomic E-state index is 5.48. The van der Waals surface area contributed by atoms with Gasteiger partial charge in [0.05, 0.1) is 5.69 Å². The first kappa shape index (κ1) is 17.5. The Morgan fingerprint density at radius 3 is 2.59 bits per heavy atom. The van der Waals surface area contributed by atoms with Crippen LogP contribution < -0.4 is 0 Å². The molecular weight excluding hydrogens is 358 g/mol. The number of benzene rings is 1. The van der Waals surface area contributed by atoms with E-state index in [1.165, 1.54) is 0 Å². The molecule has 0 saturated heterocycles. The molecule has 27 heavy (non-hydrogen) atoms. The van der Waals surface area contributed by atoms with Gasteiger partial charge in [0, 0.05) is 41.9 Å². The van der Waals surface area contributed by atoms with Crippen molar-refractivity contribution in [3.8, 4) is 22.7 Å². The van der Waals surface area contributed by atoms with Crippen molar-refractivity contribution >= 4 is 11.8 Å². The van der Waals surface area contributed by atoms with Crippen LogP contribution in [0.2, 0.25) is 0 Å². The van der Waals surface area contributed by atoms with Gasteiger partial charge in [-0.2, -0.15) is 0 Å². The lowest BCUT2D eigenvalue weighted by Crippen LogP contribution is -2.02. The second-order valence-electron chi connectivity index (χ2n) is 6.03. The SMILES string of the molecule is CCCn1c(SCc2cc(-c3ccccc3)on2)nnc1-c1ccncc1. The number of hydrogen-bond acceptors (Lipinski definition) is 6. The Kier molecular flexibility index (Phi) is 5.29. The Balaban J connectivity index is 1.52. The van der Waals surface area contributed by atoms with Crippen LogP contribution in [0.25, 0.3) is 22.7 Å². The molecule has 0 aliphatic carbocycles. The highest BCUT2D eigenvalue weighted by Gasteiger charge is 2.15. The van der Waals surface area contributed by atoms with Gasteiger partial charge in [-0.15, -0.1) is 10.2 Å². The molecule has 0 radical (unpaired) electrons. The standard InChI is InChI=1S/C20H19N5OS/c1-2-12-25-19(16-8-10-21-11-9-16)22-23-20(25)27-14-17-13-18(26-24-17)15-6-4-3-5-7-15/h3-11,13H,2,12,14H2,1H3. The molecule has 7 heteroatoms. The minimum absolute atomic E-state index is 0.675. The molecular formula is C20H19N5OS. The fraction of sp³-hybridized carbons (Fsp3) is 0.200. The Bertz CT molecular complexity index is 998. The molecule has 0 N–H and O–H groups in total. The van der Waals surface area contributed by atoms with Crippen molar-refractivity contribution in [2.75, 3.05) is 0 Å². The Morgan fingerprint density at radius 1 is 1.00 bits per heavy atom. The summed E-state index contributed by atoms with van der Waals surface area (Å²) in [6.07, 6.45) is 4.55. The van der Waals surface area contributed by atoms with E-state index in [-0.39, 0.29) is 0 Å². The van der Waals surface area contributed by atoms with Crippen LogP contribution in [0.4, 0.5) is 0 Å². The highest BCUT2D eigenvalue weighted by Crippen LogP contribution is 2.28. The molecule has 3 aromatic heterocycles. The molecule has 0 spiro atoms. The lowest BCUT2D eigenvalue weighted by atomic mass is 10.2. The molecule has 0 unspecified atom stereocenters. The molecule has 4 aromatic rings. The molecule has 0 aliphatic rings. The second-order valence-corrected chi connectivity index (χ2v) is 6.97. The van der Waals surface area contributed by atoms with E-state index < -0.39 is 0 Å². The highest BCUT2D eigenvalue weighted by atomic mass is 32.2.